The first kappa shape index (κ1) is 26.9. The number of ether oxygens (including phenoxy) is 1. The molecule has 37 heavy (non-hydrogen) atoms. The van der Waals surface area contributed by atoms with Gasteiger partial charge in [-0.05, 0) is 66.8 Å². The Morgan fingerprint density at radius 1 is 1.24 bits per heavy atom. The van der Waals surface area contributed by atoms with Gasteiger partial charge in [0.05, 0.1) is 12.1 Å². The van der Waals surface area contributed by atoms with E-state index in [1.54, 1.807) is 12.1 Å². The molecule has 1 aromatic carbocycles. The van der Waals surface area contributed by atoms with Gasteiger partial charge in [-0.2, -0.15) is 4.57 Å². The van der Waals surface area contributed by atoms with E-state index in [1.807, 2.05) is 20.8 Å². The molecule has 10 heteroatoms. The zero-order valence-electron chi connectivity index (χ0n) is 20.9. The molecule has 0 aliphatic heterocycles. The fourth-order valence-electron chi connectivity index (χ4n) is 5.51. The van der Waals surface area contributed by atoms with E-state index in [4.69, 9.17) is 4.74 Å². The van der Waals surface area contributed by atoms with Crippen LogP contribution in [-0.4, -0.2) is 37.3 Å². The molecule has 1 aliphatic rings. The summed E-state index contributed by atoms with van der Waals surface area (Å²) in [4.78, 5) is 38.1. The first-order valence-corrected chi connectivity index (χ1v) is 13.1. The highest BCUT2D eigenvalue weighted by molar-refractivity contribution is 9.10. The molecule has 0 spiro atoms. The van der Waals surface area contributed by atoms with Crippen molar-refractivity contribution in [3.8, 4) is 5.88 Å². The summed E-state index contributed by atoms with van der Waals surface area (Å²) in [5.41, 5.74) is -0.391. The Bertz CT molecular complexity index is 1400. The van der Waals surface area contributed by atoms with Crippen LogP contribution in [0.15, 0.2) is 45.8 Å². The molecular formula is C27H30BrFN2O6. The second-order valence-corrected chi connectivity index (χ2v) is 11.1. The van der Waals surface area contributed by atoms with Crippen LogP contribution in [0.1, 0.15) is 44.9 Å². The molecule has 4 atom stereocenters. The minimum Gasteiger partial charge on any atom is -0.493 e. The summed E-state index contributed by atoms with van der Waals surface area (Å²) in [5, 5.41) is 20.2. The lowest BCUT2D eigenvalue weighted by Gasteiger charge is -2.43. The number of hydrogen-bond donors (Lipinski definition) is 2. The molecule has 1 fully saturated rings. The number of hydrogen-bond acceptors (Lipinski definition) is 5. The molecule has 2 heterocycles. The van der Waals surface area contributed by atoms with Crippen LogP contribution in [0, 0.1) is 29.5 Å². The van der Waals surface area contributed by atoms with Gasteiger partial charge in [-0.1, -0.05) is 42.8 Å². The number of carbonyl (C=O) groups is 2. The van der Waals surface area contributed by atoms with Crippen molar-refractivity contribution in [1.82, 2.24) is 8.97 Å². The third-order valence-electron chi connectivity index (χ3n) is 7.53. The lowest BCUT2D eigenvalue weighted by molar-refractivity contribution is -0.136. The summed E-state index contributed by atoms with van der Waals surface area (Å²) in [6.07, 6.45) is 1.13. The number of aromatic nitrogens is 2. The lowest BCUT2D eigenvalue weighted by atomic mass is 9.67. The van der Waals surface area contributed by atoms with Gasteiger partial charge in [-0.3, -0.25) is 9.59 Å². The third kappa shape index (κ3) is 5.30. The molecule has 0 amide bonds. The normalized spacial score (nSPS) is 21.9. The van der Waals surface area contributed by atoms with Crippen molar-refractivity contribution < 1.29 is 28.9 Å². The molecule has 198 valence electrons. The molecule has 0 radical (unpaired) electrons. The third-order valence-corrected chi connectivity index (χ3v) is 8.02. The number of carboxylic acids is 1. The Kier molecular flexibility index (Phi) is 7.77. The minimum atomic E-state index is -1.23. The number of rotatable bonds is 6. The summed E-state index contributed by atoms with van der Waals surface area (Å²) in [5.74, 6) is -2.39. The number of fused-ring (bicyclic) bond motifs is 1. The average molecular weight is 577 g/mol. The number of nitrogens with zero attached hydrogens (tertiary/aromatic N) is 2. The summed E-state index contributed by atoms with van der Waals surface area (Å²) >= 11 is 3.28. The van der Waals surface area contributed by atoms with Crippen molar-refractivity contribution in [2.45, 2.75) is 52.6 Å². The maximum atomic E-state index is 14.7. The molecule has 3 aromatic rings. The van der Waals surface area contributed by atoms with Gasteiger partial charge in [0.2, 0.25) is 5.88 Å². The predicted molar refractivity (Wildman–Crippen MR) is 138 cm³/mol. The highest BCUT2D eigenvalue weighted by atomic mass is 79.9. The van der Waals surface area contributed by atoms with Crippen molar-refractivity contribution >= 4 is 33.5 Å². The second kappa shape index (κ2) is 10.7. The van der Waals surface area contributed by atoms with Crippen molar-refractivity contribution in [2.75, 3.05) is 0 Å². The Morgan fingerprint density at radius 3 is 2.62 bits per heavy atom. The largest absolute Gasteiger partial charge is 0.493 e. The van der Waals surface area contributed by atoms with E-state index in [0.717, 1.165) is 12.8 Å². The fraction of sp³-hybridized carbons (Fsp3) is 0.444. The Labute approximate surface area is 221 Å². The molecule has 4 rings (SSSR count). The van der Waals surface area contributed by atoms with Crippen LogP contribution >= 0.6 is 15.9 Å². The highest BCUT2D eigenvalue weighted by Crippen LogP contribution is 2.42. The van der Waals surface area contributed by atoms with Crippen LogP contribution in [0.5, 0.6) is 5.88 Å². The molecule has 1 aliphatic carbocycles. The molecule has 0 bridgehead atoms. The standard InChI is InChI=1S/C27H30BrFN2O6/c1-14(2)18-9-6-15(3)19(11-16-7-8-17(28)12-20(16)29)24(18)37-27(36)31-25(34)21-5-4-10-30(21)22(26(31)35)13-23(32)33/h4-5,7-8,10,12,14-15,18-19,24,35H,6,9,11,13H2,1-3H3,(H,32,33). The van der Waals surface area contributed by atoms with Gasteiger partial charge in [0, 0.05) is 16.6 Å². The first-order chi connectivity index (χ1) is 17.5. The molecule has 8 nitrogen and oxygen atoms in total. The summed E-state index contributed by atoms with van der Waals surface area (Å²) in [7, 11) is 0. The smallest absolute Gasteiger partial charge is 0.424 e. The first-order valence-electron chi connectivity index (χ1n) is 12.3. The quantitative estimate of drug-likeness (QED) is 0.414. The van der Waals surface area contributed by atoms with Crippen molar-refractivity contribution in [3.05, 3.63) is 68.4 Å². The van der Waals surface area contributed by atoms with Gasteiger partial charge in [-0.25, -0.2) is 9.18 Å². The lowest BCUT2D eigenvalue weighted by Crippen LogP contribution is -2.46. The summed E-state index contributed by atoms with van der Waals surface area (Å²) < 4.78 is 23.1. The molecule has 4 unspecified atom stereocenters. The average Bonchev–Trinajstić information content (AvgIpc) is 3.30. The maximum absolute atomic E-state index is 14.7. The van der Waals surface area contributed by atoms with Crippen molar-refractivity contribution in [2.24, 2.45) is 23.7 Å². The van der Waals surface area contributed by atoms with Gasteiger partial charge in [-0.15, -0.1) is 0 Å². The number of aliphatic carboxylic acids is 1. The highest BCUT2D eigenvalue weighted by Gasteiger charge is 2.42. The van der Waals surface area contributed by atoms with E-state index in [1.165, 1.54) is 28.8 Å². The Morgan fingerprint density at radius 2 is 1.97 bits per heavy atom. The molecule has 0 saturated heterocycles. The number of aromatic hydroxyl groups is 1. The van der Waals surface area contributed by atoms with E-state index in [9.17, 15) is 29.0 Å². The predicted octanol–water partition coefficient (Wildman–Crippen LogP) is 5.25. The van der Waals surface area contributed by atoms with E-state index >= 15 is 0 Å². The fourth-order valence-corrected chi connectivity index (χ4v) is 5.84. The van der Waals surface area contributed by atoms with Crippen LogP contribution < -0.4 is 5.56 Å². The molecular weight excluding hydrogens is 547 g/mol. The Balaban J connectivity index is 1.75. The van der Waals surface area contributed by atoms with E-state index < -0.39 is 36.0 Å². The van der Waals surface area contributed by atoms with E-state index in [-0.39, 0.29) is 40.7 Å². The number of benzene rings is 1. The molecule has 2 aromatic heterocycles. The maximum Gasteiger partial charge on any atom is 0.424 e. The zero-order valence-corrected chi connectivity index (χ0v) is 22.4. The van der Waals surface area contributed by atoms with Crippen LogP contribution in [0.2, 0.25) is 0 Å². The van der Waals surface area contributed by atoms with E-state index in [0.29, 0.717) is 21.0 Å². The van der Waals surface area contributed by atoms with Gasteiger partial charge in [0.25, 0.3) is 5.56 Å². The summed E-state index contributed by atoms with van der Waals surface area (Å²) in [6.45, 7) is 6.10. The SMILES string of the molecule is CC(C)C1CCC(C)C(Cc2ccc(Br)cc2F)C1OC(=O)n1c(O)c(CC(=O)O)n2cccc2c1=O. The Hall–Kier alpha value is -3.14. The van der Waals surface area contributed by atoms with Gasteiger partial charge >= 0.3 is 12.1 Å². The van der Waals surface area contributed by atoms with Crippen LogP contribution in [0.4, 0.5) is 9.18 Å². The monoisotopic (exact) mass is 576 g/mol. The van der Waals surface area contributed by atoms with Crippen LogP contribution in [0.25, 0.3) is 5.52 Å². The number of carboxylic acid groups (broad SMARTS) is 1. The minimum absolute atomic E-state index is 0.0388. The summed E-state index contributed by atoms with van der Waals surface area (Å²) in [6, 6.07) is 7.84. The van der Waals surface area contributed by atoms with Gasteiger partial charge < -0.3 is 19.4 Å². The van der Waals surface area contributed by atoms with Crippen molar-refractivity contribution in [1.29, 1.82) is 0 Å². The second-order valence-electron chi connectivity index (χ2n) is 10.2. The van der Waals surface area contributed by atoms with E-state index in [2.05, 4.69) is 15.9 Å². The zero-order chi connectivity index (χ0) is 27.0. The van der Waals surface area contributed by atoms with Crippen molar-refractivity contribution in [3.63, 3.8) is 0 Å². The number of carbonyl (C=O) groups excluding carboxylic acids is 1. The van der Waals surface area contributed by atoms with Gasteiger partial charge in [0.1, 0.15) is 17.4 Å². The number of halogens is 2. The van der Waals surface area contributed by atoms with Crippen LogP contribution in [-0.2, 0) is 22.4 Å². The van der Waals surface area contributed by atoms with Gasteiger partial charge in [0.15, 0.2) is 0 Å². The molecule has 1 saturated carbocycles. The topological polar surface area (TPSA) is 110 Å². The van der Waals surface area contributed by atoms with Crippen LogP contribution in [0.3, 0.4) is 0 Å². The molecule has 2 N–H and O–H groups in total.